The number of aromatic nitrogens is 2. The molecule has 0 aliphatic carbocycles. The molecule has 0 amide bonds. The molecule has 112 valence electrons. The Bertz CT molecular complexity index is 900. The topological polar surface area (TPSA) is 70.1 Å². The van der Waals surface area contributed by atoms with Crippen LogP contribution in [0.25, 0.3) is 22.0 Å². The SMILES string of the molecule is CCn1c(=O)cc(N)c2cccc(-c3cnccc3OC)c21. The van der Waals surface area contributed by atoms with Gasteiger partial charge in [-0.2, -0.15) is 0 Å². The summed E-state index contributed by atoms with van der Waals surface area (Å²) in [4.78, 5) is 16.4. The number of pyridine rings is 2. The molecule has 2 aromatic heterocycles. The molecular formula is C17H17N3O2. The molecule has 0 unspecified atom stereocenters. The van der Waals surface area contributed by atoms with E-state index in [1.807, 2.05) is 25.1 Å². The van der Waals surface area contributed by atoms with Crippen LogP contribution in [0.4, 0.5) is 5.69 Å². The highest BCUT2D eigenvalue weighted by atomic mass is 16.5. The van der Waals surface area contributed by atoms with Crippen LogP contribution in [0.5, 0.6) is 5.75 Å². The smallest absolute Gasteiger partial charge is 0.253 e. The standard InChI is InChI=1S/C17H17N3O2/c1-3-20-16(21)9-14(18)12-6-4-5-11(17(12)20)13-10-19-8-7-15(13)22-2/h4-10H,3,18H2,1-2H3. The van der Waals surface area contributed by atoms with E-state index in [2.05, 4.69) is 4.98 Å². The number of ether oxygens (including phenoxy) is 1. The Morgan fingerprint density at radius 2 is 2.09 bits per heavy atom. The molecule has 0 fully saturated rings. The van der Waals surface area contributed by atoms with E-state index < -0.39 is 0 Å². The van der Waals surface area contributed by atoms with Crippen LogP contribution in [0, 0.1) is 0 Å². The second kappa shape index (κ2) is 5.52. The highest BCUT2D eigenvalue weighted by Crippen LogP contribution is 2.35. The first-order valence-corrected chi connectivity index (χ1v) is 7.07. The fraction of sp³-hybridized carbons (Fsp3) is 0.176. The van der Waals surface area contributed by atoms with Crippen LogP contribution in [-0.2, 0) is 6.54 Å². The first-order chi connectivity index (χ1) is 10.7. The summed E-state index contributed by atoms with van der Waals surface area (Å²) in [5.74, 6) is 0.708. The average Bonchev–Trinajstić information content (AvgIpc) is 2.55. The Morgan fingerprint density at radius 3 is 2.82 bits per heavy atom. The van der Waals surface area contributed by atoms with Gasteiger partial charge in [0, 0.05) is 47.2 Å². The van der Waals surface area contributed by atoms with Crippen molar-refractivity contribution in [2.75, 3.05) is 12.8 Å². The predicted molar refractivity (Wildman–Crippen MR) is 88.1 cm³/mol. The van der Waals surface area contributed by atoms with Crippen LogP contribution >= 0.6 is 0 Å². The Kier molecular flexibility index (Phi) is 3.55. The lowest BCUT2D eigenvalue weighted by Crippen LogP contribution is -2.20. The van der Waals surface area contributed by atoms with Crippen molar-refractivity contribution in [3.8, 4) is 16.9 Å². The number of hydrogen-bond donors (Lipinski definition) is 1. The van der Waals surface area contributed by atoms with Crippen LogP contribution in [-0.4, -0.2) is 16.7 Å². The van der Waals surface area contributed by atoms with E-state index in [-0.39, 0.29) is 5.56 Å². The van der Waals surface area contributed by atoms with Crippen molar-refractivity contribution >= 4 is 16.6 Å². The number of methoxy groups -OCH3 is 1. The molecule has 0 aliphatic rings. The number of benzene rings is 1. The van der Waals surface area contributed by atoms with Gasteiger partial charge in [0.2, 0.25) is 0 Å². The molecule has 0 aliphatic heterocycles. The van der Waals surface area contributed by atoms with Crippen molar-refractivity contribution in [3.05, 3.63) is 53.1 Å². The lowest BCUT2D eigenvalue weighted by atomic mass is 10.0. The number of rotatable bonds is 3. The van der Waals surface area contributed by atoms with Gasteiger partial charge in [-0.15, -0.1) is 0 Å². The van der Waals surface area contributed by atoms with E-state index in [0.29, 0.717) is 18.0 Å². The number of nitrogen functional groups attached to an aromatic ring is 1. The quantitative estimate of drug-likeness (QED) is 0.806. The van der Waals surface area contributed by atoms with E-state index in [1.165, 1.54) is 6.07 Å². The van der Waals surface area contributed by atoms with E-state index in [1.54, 1.807) is 30.1 Å². The van der Waals surface area contributed by atoms with Crippen LogP contribution in [0.15, 0.2) is 47.5 Å². The Labute approximate surface area is 128 Å². The van der Waals surface area contributed by atoms with Gasteiger partial charge in [0.25, 0.3) is 5.56 Å². The summed E-state index contributed by atoms with van der Waals surface area (Å²) in [7, 11) is 1.62. The minimum absolute atomic E-state index is 0.109. The lowest BCUT2D eigenvalue weighted by Gasteiger charge is -2.15. The molecule has 0 atom stereocenters. The highest BCUT2D eigenvalue weighted by molar-refractivity contribution is 6.00. The van der Waals surface area contributed by atoms with Crippen molar-refractivity contribution in [3.63, 3.8) is 0 Å². The van der Waals surface area contributed by atoms with Crippen molar-refractivity contribution in [1.29, 1.82) is 0 Å². The van der Waals surface area contributed by atoms with Crippen molar-refractivity contribution < 1.29 is 4.74 Å². The number of aryl methyl sites for hydroxylation is 1. The first-order valence-electron chi connectivity index (χ1n) is 7.07. The zero-order valence-electron chi connectivity index (χ0n) is 12.5. The number of nitrogens with zero attached hydrogens (tertiary/aromatic N) is 2. The van der Waals surface area contributed by atoms with Crippen LogP contribution < -0.4 is 16.0 Å². The third-order valence-electron chi connectivity index (χ3n) is 3.77. The van der Waals surface area contributed by atoms with E-state index in [4.69, 9.17) is 10.5 Å². The van der Waals surface area contributed by atoms with Gasteiger partial charge in [0.15, 0.2) is 0 Å². The van der Waals surface area contributed by atoms with Crippen molar-refractivity contribution in [2.24, 2.45) is 0 Å². The minimum Gasteiger partial charge on any atom is -0.496 e. The molecule has 3 aromatic rings. The summed E-state index contributed by atoms with van der Waals surface area (Å²) in [6.07, 6.45) is 3.41. The molecule has 2 heterocycles. The van der Waals surface area contributed by atoms with Crippen LogP contribution in [0.2, 0.25) is 0 Å². The monoisotopic (exact) mass is 295 g/mol. The second-order valence-electron chi connectivity index (χ2n) is 4.96. The predicted octanol–water partition coefficient (Wildman–Crippen LogP) is 2.67. The first kappa shape index (κ1) is 14.1. The van der Waals surface area contributed by atoms with Gasteiger partial charge in [-0.3, -0.25) is 9.78 Å². The zero-order chi connectivity index (χ0) is 15.7. The fourth-order valence-electron chi connectivity index (χ4n) is 2.76. The molecule has 22 heavy (non-hydrogen) atoms. The number of nitrogens with two attached hydrogens (primary N) is 1. The molecule has 2 N–H and O–H groups in total. The van der Waals surface area contributed by atoms with Gasteiger partial charge in [-0.05, 0) is 13.0 Å². The molecule has 1 aromatic carbocycles. The van der Waals surface area contributed by atoms with E-state index in [9.17, 15) is 4.79 Å². The van der Waals surface area contributed by atoms with Crippen LogP contribution in [0.3, 0.4) is 0 Å². The molecule has 5 heteroatoms. The molecule has 0 bridgehead atoms. The third kappa shape index (κ3) is 2.11. The molecule has 3 rings (SSSR count). The number of para-hydroxylation sites is 1. The third-order valence-corrected chi connectivity index (χ3v) is 3.77. The van der Waals surface area contributed by atoms with Gasteiger partial charge in [-0.25, -0.2) is 0 Å². The van der Waals surface area contributed by atoms with Crippen molar-refractivity contribution in [1.82, 2.24) is 9.55 Å². The summed E-state index contributed by atoms with van der Waals surface area (Å²) in [5, 5.41) is 0.852. The maximum absolute atomic E-state index is 12.3. The molecular weight excluding hydrogens is 278 g/mol. The Balaban J connectivity index is 2.48. The maximum atomic E-state index is 12.3. The largest absolute Gasteiger partial charge is 0.496 e. The zero-order valence-corrected chi connectivity index (χ0v) is 12.5. The Hall–Kier alpha value is -2.82. The van der Waals surface area contributed by atoms with Crippen molar-refractivity contribution in [2.45, 2.75) is 13.5 Å². The van der Waals surface area contributed by atoms with Gasteiger partial charge < -0.3 is 15.0 Å². The summed E-state index contributed by atoms with van der Waals surface area (Å²) in [6, 6.07) is 9.06. The van der Waals surface area contributed by atoms with Gasteiger partial charge in [0.05, 0.1) is 12.6 Å². The summed E-state index contributed by atoms with van der Waals surface area (Å²) in [6.45, 7) is 2.50. The van der Waals surface area contributed by atoms with E-state index in [0.717, 1.165) is 22.0 Å². The molecule has 0 radical (unpaired) electrons. The number of fused-ring (bicyclic) bond motifs is 1. The van der Waals surface area contributed by atoms with Gasteiger partial charge in [-0.1, -0.05) is 18.2 Å². The normalized spacial score (nSPS) is 10.8. The second-order valence-corrected chi connectivity index (χ2v) is 4.96. The highest BCUT2D eigenvalue weighted by Gasteiger charge is 2.14. The van der Waals surface area contributed by atoms with E-state index >= 15 is 0 Å². The summed E-state index contributed by atoms with van der Waals surface area (Å²) in [5.41, 5.74) is 8.94. The molecule has 0 spiro atoms. The minimum atomic E-state index is -0.109. The number of hydrogen-bond acceptors (Lipinski definition) is 4. The maximum Gasteiger partial charge on any atom is 0.253 e. The summed E-state index contributed by atoms with van der Waals surface area (Å²) < 4.78 is 7.14. The number of anilines is 1. The van der Waals surface area contributed by atoms with Gasteiger partial charge >= 0.3 is 0 Å². The lowest BCUT2D eigenvalue weighted by molar-refractivity contribution is 0.416. The molecule has 5 nitrogen and oxygen atoms in total. The summed E-state index contributed by atoms with van der Waals surface area (Å²) >= 11 is 0. The molecule has 0 saturated heterocycles. The van der Waals surface area contributed by atoms with Crippen LogP contribution in [0.1, 0.15) is 6.92 Å². The molecule has 0 saturated carbocycles. The fourth-order valence-corrected chi connectivity index (χ4v) is 2.76. The average molecular weight is 295 g/mol. The van der Waals surface area contributed by atoms with Gasteiger partial charge in [0.1, 0.15) is 5.75 Å². The Morgan fingerprint density at radius 1 is 1.27 bits per heavy atom.